The Balaban J connectivity index is 3.52. The second-order valence-corrected chi connectivity index (χ2v) is 2.97. The van der Waals surface area contributed by atoms with Gasteiger partial charge in [0.15, 0.2) is 6.10 Å². The highest BCUT2D eigenvalue weighted by atomic mass is 16.4. The van der Waals surface area contributed by atoms with Gasteiger partial charge < -0.3 is 26.2 Å². The van der Waals surface area contributed by atoms with E-state index in [2.05, 4.69) is 16.0 Å². The van der Waals surface area contributed by atoms with Crippen LogP contribution in [0.2, 0.25) is 0 Å². The molecular weight excluding hydrogens is 218 g/mol. The molecule has 3 amide bonds. The van der Waals surface area contributed by atoms with Gasteiger partial charge in [0, 0.05) is 20.0 Å². The Morgan fingerprint density at radius 3 is 2.19 bits per heavy atom. The fourth-order valence-corrected chi connectivity index (χ4v) is 0.754. The first-order valence-corrected chi connectivity index (χ1v) is 4.60. The van der Waals surface area contributed by atoms with Gasteiger partial charge in [0.1, 0.15) is 0 Å². The van der Waals surface area contributed by atoms with Crippen LogP contribution in [0.4, 0.5) is 4.79 Å². The molecule has 0 aromatic carbocycles. The van der Waals surface area contributed by atoms with Gasteiger partial charge in [0.2, 0.25) is 5.91 Å². The first-order chi connectivity index (χ1) is 7.43. The number of carboxylic acids is 1. The summed E-state index contributed by atoms with van der Waals surface area (Å²) in [7, 11) is 0. The van der Waals surface area contributed by atoms with E-state index in [1.807, 2.05) is 0 Å². The molecule has 8 heteroatoms. The number of hydrogen-bond acceptors (Lipinski definition) is 4. The average molecular weight is 233 g/mol. The number of carbonyl (C=O) groups excluding carboxylic acids is 2. The zero-order valence-electron chi connectivity index (χ0n) is 8.82. The third-order valence-corrected chi connectivity index (χ3v) is 1.53. The van der Waals surface area contributed by atoms with E-state index in [4.69, 9.17) is 10.2 Å². The molecule has 0 bridgehead atoms. The Labute approximate surface area is 92.0 Å². The maximum Gasteiger partial charge on any atom is 0.334 e. The number of rotatable bonds is 6. The van der Waals surface area contributed by atoms with Crippen molar-refractivity contribution in [1.82, 2.24) is 16.0 Å². The van der Waals surface area contributed by atoms with Crippen molar-refractivity contribution in [2.24, 2.45) is 0 Å². The van der Waals surface area contributed by atoms with Crippen LogP contribution in [0, 0.1) is 0 Å². The Hall–Kier alpha value is -1.83. The summed E-state index contributed by atoms with van der Waals surface area (Å²) >= 11 is 0. The minimum Gasteiger partial charge on any atom is -0.479 e. The minimum atomic E-state index is -1.62. The van der Waals surface area contributed by atoms with Crippen molar-refractivity contribution >= 4 is 17.9 Å². The lowest BCUT2D eigenvalue weighted by molar-refractivity contribution is -0.146. The van der Waals surface area contributed by atoms with E-state index in [0.29, 0.717) is 0 Å². The quantitative estimate of drug-likeness (QED) is 0.335. The molecule has 92 valence electrons. The highest BCUT2D eigenvalue weighted by Crippen LogP contribution is 1.79. The van der Waals surface area contributed by atoms with Gasteiger partial charge in [-0.25, -0.2) is 9.59 Å². The molecule has 0 radical (unpaired) electrons. The van der Waals surface area contributed by atoms with Crippen molar-refractivity contribution in [2.45, 2.75) is 13.0 Å². The van der Waals surface area contributed by atoms with E-state index in [9.17, 15) is 14.4 Å². The van der Waals surface area contributed by atoms with Crippen molar-refractivity contribution in [1.29, 1.82) is 0 Å². The van der Waals surface area contributed by atoms with Crippen LogP contribution in [0.3, 0.4) is 0 Å². The monoisotopic (exact) mass is 233 g/mol. The lowest BCUT2D eigenvalue weighted by atomic mass is 10.4. The van der Waals surface area contributed by atoms with Gasteiger partial charge in [-0.3, -0.25) is 4.79 Å². The Bertz CT molecular complexity index is 268. The molecule has 0 heterocycles. The maximum absolute atomic E-state index is 11.0. The fraction of sp³-hybridized carbons (Fsp3) is 0.625. The predicted molar refractivity (Wildman–Crippen MR) is 53.7 cm³/mol. The topological polar surface area (TPSA) is 128 Å². The molecule has 0 spiro atoms. The molecule has 0 aliphatic rings. The molecule has 1 atom stereocenters. The zero-order chi connectivity index (χ0) is 12.6. The van der Waals surface area contributed by atoms with Gasteiger partial charge in [-0.15, -0.1) is 0 Å². The number of carbonyl (C=O) groups is 3. The molecular formula is C8H15N3O5. The third kappa shape index (κ3) is 7.56. The molecule has 0 saturated carbocycles. The number of aliphatic carboxylic acids is 1. The summed E-state index contributed by atoms with van der Waals surface area (Å²) in [4.78, 5) is 31.6. The lowest BCUT2D eigenvalue weighted by Crippen LogP contribution is -2.44. The number of aliphatic hydroxyl groups is 1. The van der Waals surface area contributed by atoms with Gasteiger partial charge in [0.05, 0.1) is 6.54 Å². The smallest absolute Gasteiger partial charge is 0.334 e. The van der Waals surface area contributed by atoms with E-state index >= 15 is 0 Å². The number of hydrogen-bond donors (Lipinski definition) is 5. The number of urea groups is 1. The molecule has 8 nitrogen and oxygen atoms in total. The number of carboxylic acid groups (broad SMARTS) is 1. The molecule has 0 unspecified atom stereocenters. The number of amides is 3. The summed E-state index contributed by atoms with van der Waals surface area (Å²) in [6, 6.07) is -0.606. The summed E-state index contributed by atoms with van der Waals surface area (Å²) in [5.74, 6) is -1.61. The zero-order valence-corrected chi connectivity index (χ0v) is 8.82. The average Bonchev–Trinajstić information content (AvgIpc) is 2.20. The third-order valence-electron chi connectivity index (χ3n) is 1.53. The largest absolute Gasteiger partial charge is 0.479 e. The molecule has 0 aliphatic heterocycles. The van der Waals surface area contributed by atoms with Crippen LogP contribution in [0.1, 0.15) is 6.92 Å². The van der Waals surface area contributed by atoms with E-state index in [1.54, 1.807) is 0 Å². The van der Waals surface area contributed by atoms with Gasteiger partial charge in [-0.05, 0) is 0 Å². The van der Waals surface area contributed by atoms with Crippen molar-refractivity contribution < 1.29 is 24.6 Å². The minimum absolute atomic E-state index is 0.205. The molecule has 0 aromatic heterocycles. The van der Waals surface area contributed by atoms with Crippen molar-refractivity contribution in [3.05, 3.63) is 0 Å². The highest BCUT2D eigenvalue weighted by molar-refractivity contribution is 5.76. The first kappa shape index (κ1) is 14.2. The summed E-state index contributed by atoms with van der Waals surface area (Å²) in [6.45, 7) is 1.48. The van der Waals surface area contributed by atoms with E-state index in [1.165, 1.54) is 6.92 Å². The van der Waals surface area contributed by atoms with Crippen LogP contribution in [0.25, 0.3) is 0 Å². The van der Waals surface area contributed by atoms with Gasteiger partial charge in [-0.2, -0.15) is 0 Å². The number of nitrogens with one attached hydrogen (secondary N) is 3. The van der Waals surface area contributed by atoms with Crippen molar-refractivity contribution in [2.75, 3.05) is 19.6 Å². The van der Waals surface area contributed by atoms with Crippen LogP contribution in [0.5, 0.6) is 0 Å². The van der Waals surface area contributed by atoms with Crippen LogP contribution in [-0.2, 0) is 9.59 Å². The van der Waals surface area contributed by atoms with Crippen molar-refractivity contribution in [3.63, 3.8) is 0 Å². The van der Waals surface area contributed by atoms with E-state index in [-0.39, 0.29) is 25.5 Å². The van der Waals surface area contributed by atoms with E-state index in [0.717, 1.165) is 0 Å². The van der Waals surface area contributed by atoms with Crippen LogP contribution >= 0.6 is 0 Å². The van der Waals surface area contributed by atoms with Gasteiger partial charge in [0.25, 0.3) is 0 Å². The van der Waals surface area contributed by atoms with E-state index < -0.39 is 18.1 Å². The Kier molecular flexibility index (Phi) is 6.61. The molecule has 0 saturated heterocycles. The second-order valence-electron chi connectivity index (χ2n) is 2.97. The van der Waals surface area contributed by atoms with Crippen molar-refractivity contribution in [3.8, 4) is 0 Å². The summed E-state index contributed by atoms with van der Waals surface area (Å²) in [6.07, 6.45) is -1.62. The fourth-order valence-electron chi connectivity index (χ4n) is 0.754. The molecule has 0 rings (SSSR count). The number of aliphatic hydroxyl groups excluding tert-OH is 1. The predicted octanol–water partition coefficient (Wildman–Crippen LogP) is -2.13. The molecule has 0 aliphatic carbocycles. The van der Waals surface area contributed by atoms with Gasteiger partial charge in [-0.1, -0.05) is 0 Å². The highest BCUT2D eigenvalue weighted by Gasteiger charge is 2.13. The lowest BCUT2D eigenvalue weighted by Gasteiger charge is -2.09. The SMILES string of the molecule is CC(=O)NCCNC(=O)NC[C@H](O)C(=O)O. The van der Waals surface area contributed by atoms with Crippen LogP contribution in [0.15, 0.2) is 0 Å². The van der Waals surface area contributed by atoms with Crippen LogP contribution in [-0.4, -0.2) is 53.9 Å². The summed E-state index contributed by atoms with van der Waals surface area (Å²) in [5, 5.41) is 24.1. The second kappa shape index (κ2) is 7.46. The molecule has 16 heavy (non-hydrogen) atoms. The normalized spacial score (nSPS) is 11.4. The summed E-state index contributed by atoms with van der Waals surface area (Å²) in [5.41, 5.74) is 0. The Morgan fingerprint density at radius 2 is 1.69 bits per heavy atom. The Morgan fingerprint density at radius 1 is 1.12 bits per heavy atom. The molecule has 5 N–H and O–H groups in total. The maximum atomic E-state index is 11.0. The standard InChI is InChI=1S/C8H15N3O5/c1-5(12)9-2-3-10-8(16)11-4-6(13)7(14)15/h6,13H,2-4H2,1H3,(H,9,12)(H,14,15)(H2,10,11,16)/t6-/m0/s1. The van der Waals surface area contributed by atoms with Crippen LogP contribution < -0.4 is 16.0 Å². The van der Waals surface area contributed by atoms with Gasteiger partial charge >= 0.3 is 12.0 Å². The molecule has 0 aromatic rings. The molecule has 0 fully saturated rings. The first-order valence-electron chi connectivity index (χ1n) is 4.60. The summed E-state index contributed by atoms with van der Waals surface area (Å²) < 4.78 is 0.